The van der Waals surface area contributed by atoms with Gasteiger partial charge in [0.2, 0.25) is 18.4 Å². The first kappa shape index (κ1) is 29.4. The van der Waals surface area contributed by atoms with Crippen LogP contribution in [0.15, 0.2) is 47.3 Å². The molecule has 1 fully saturated rings. The second-order valence-corrected chi connectivity index (χ2v) is 11.0. The molecule has 0 unspecified atom stereocenters. The first-order valence-electron chi connectivity index (χ1n) is 14.4. The number of hydrogen-bond donors (Lipinski definition) is 1. The maximum Gasteiger partial charge on any atom is 0.308 e. The molecule has 3 aromatic rings. The van der Waals surface area contributed by atoms with Crippen LogP contribution in [-0.2, 0) is 23.1 Å². The molecule has 1 aromatic carbocycles. The van der Waals surface area contributed by atoms with Crippen molar-refractivity contribution in [2.75, 3.05) is 38.4 Å². The van der Waals surface area contributed by atoms with Gasteiger partial charge < -0.3 is 28.6 Å². The van der Waals surface area contributed by atoms with Crippen LogP contribution in [0.5, 0.6) is 17.2 Å². The average Bonchev–Trinajstić information content (AvgIpc) is 3.70. The van der Waals surface area contributed by atoms with Crippen molar-refractivity contribution in [3.63, 3.8) is 0 Å². The molecule has 1 amide bonds. The van der Waals surface area contributed by atoms with Gasteiger partial charge in [0.1, 0.15) is 18.5 Å². The fraction of sp³-hybridized carbons (Fsp3) is 0.484. The third kappa shape index (κ3) is 6.20. The number of carbonyl (C=O) groups is 2. The van der Waals surface area contributed by atoms with Gasteiger partial charge in [0.25, 0.3) is 0 Å². The second-order valence-electron chi connectivity index (χ2n) is 11.0. The van der Waals surface area contributed by atoms with Gasteiger partial charge in [-0.05, 0) is 43.5 Å². The molecule has 224 valence electrons. The Morgan fingerprint density at radius 1 is 1.29 bits per heavy atom. The Morgan fingerprint density at radius 2 is 2.12 bits per heavy atom. The zero-order valence-electron chi connectivity index (χ0n) is 24.6. The average molecular weight is 580 g/mol. The quantitative estimate of drug-likeness (QED) is 0.322. The number of aryl methyl sites for hydroxylation is 3. The number of rotatable bonds is 12. The molecule has 11 heteroatoms. The van der Waals surface area contributed by atoms with Crippen molar-refractivity contribution in [3.8, 4) is 17.2 Å². The van der Waals surface area contributed by atoms with Crippen LogP contribution in [0, 0.1) is 12.8 Å². The molecular formula is C31H39N4O7+. The molecule has 2 aliphatic rings. The minimum absolute atomic E-state index is 0.0697. The summed E-state index contributed by atoms with van der Waals surface area (Å²) in [5.74, 6) is 0.606. The summed E-state index contributed by atoms with van der Waals surface area (Å²) in [6.07, 6.45) is 8.24. The van der Waals surface area contributed by atoms with Crippen molar-refractivity contribution in [1.82, 2.24) is 9.88 Å². The van der Waals surface area contributed by atoms with Gasteiger partial charge in [-0.15, -0.1) is 0 Å². The van der Waals surface area contributed by atoms with Gasteiger partial charge in [0.15, 0.2) is 29.8 Å². The molecule has 0 radical (unpaired) electrons. The lowest BCUT2D eigenvalue weighted by atomic mass is 9.83. The zero-order chi connectivity index (χ0) is 29.8. The predicted octanol–water partition coefficient (Wildman–Crippen LogP) is 3.48. The first-order chi connectivity index (χ1) is 20.3. The van der Waals surface area contributed by atoms with E-state index in [2.05, 4.69) is 11.9 Å². The Bertz CT molecular complexity index is 1420. The van der Waals surface area contributed by atoms with Crippen LogP contribution in [0.1, 0.15) is 49.3 Å². The number of amides is 1. The molecule has 4 heterocycles. The highest BCUT2D eigenvalue weighted by molar-refractivity contribution is 5.94. The minimum atomic E-state index is -0.918. The second kappa shape index (κ2) is 12.8. The van der Waals surface area contributed by atoms with Crippen molar-refractivity contribution < 1.29 is 37.9 Å². The van der Waals surface area contributed by atoms with Gasteiger partial charge in [0, 0.05) is 37.5 Å². The summed E-state index contributed by atoms with van der Waals surface area (Å²) in [5, 5.41) is 10.6. The number of ether oxygens (including phenoxy) is 3. The molecule has 42 heavy (non-hydrogen) atoms. The predicted molar refractivity (Wildman–Crippen MR) is 153 cm³/mol. The Kier molecular flexibility index (Phi) is 8.96. The molecule has 11 nitrogen and oxygen atoms in total. The topological polar surface area (TPSA) is 118 Å². The number of carboxylic acids is 1. The third-order valence-corrected chi connectivity index (χ3v) is 8.08. The van der Waals surface area contributed by atoms with E-state index < -0.39 is 23.8 Å². The molecule has 0 bridgehead atoms. The normalized spacial score (nSPS) is 19.7. The van der Waals surface area contributed by atoms with Crippen molar-refractivity contribution in [2.45, 2.75) is 51.5 Å². The third-order valence-electron chi connectivity index (χ3n) is 8.08. The Hall–Kier alpha value is -4.12. The number of benzene rings is 1. The highest BCUT2D eigenvalue weighted by Gasteiger charge is 2.47. The highest BCUT2D eigenvalue weighted by atomic mass is 16.7. The summed E-state index contributed by atoms with van der Waals surface area (Å²) < 4.78 is 24.4. The van der Waals surface area contributed by atoms with Crippen LogP contribution in [0.3, 0.4) is 0 Å². The number of carbonyl (C=O) groups excluding carboxylic acids is 1. The molecular weight excluding hydrogens is 540 g/mol. The fourth-order valence-electron chi connectivity index (χ4n) is 6.05. The number of oxazole rings is 1. The summed E-state index contributed by atoms with van der Waals surface area (Å²) in [6, 6.07) is 7.08. The number of anilines is 1. The van der Waals surface area contributed by atoms with Gasteiger partial charge in [0.05, 0.1) is 25.8 Å². The van der Waals surface area contributed by atoms with Gasteiger partial charge in [-0.3, -0.25) is 14.5 Å². The molecule has 2 aromatic heterocycles. The van der Waals surface area contributed by atoms with Gasteiger partial charge in [-0.25, -0.2) is 9.55 Å². The van der Waals surface area contributed by atoms with E-state index in [-0.39, 0.29) is 19.2 Å². The molecule has 1 saturated heterocycles. The summed E-state index contributed by atoms with van der Waals surface area (Å²) in [6.45, 7) is 5.04. The summed E-state index contributed by atoms with van der Waals surface area (Å²) in [7, 11) is 3.47. The largest absolute Gasteiger partial charge is 0.493 e. The van der Waals surface area contributed by atoms with Crippen LogP contribution in [0.2, 0.25) is 0 Å². The number of aromatic nitrogens is 2. The van der Waals surface area contributed by atoms with E-state index in [9.17, 15) is 14.7 Å². The number of carboxylic acid groups (broad SMARTS) is 1. The van der Waals surface area contributed by atoms with E-state index in [1.807, 2.05) is 65.0 Å². The Morgan fingerprint density at radius 3 is 2.81 bits per heavy atom. The van der Waals surface area contributed by atoms with Crippen molar-refractivity contribution >= 4 is 17.6 Å². The monoisotopic (exact) mass is 579 g/mol. The number of pyridine rings is 1. The first-order valence-corrected chi connectivity index (χ1v) is 14.4. The van der Waals surface area contributed by atoms with Crippen molar-refractivity contribution in [2.24, 2.45) is 13.0 Å². The number of unbranched alkanes of at least 4 members (excludes halogenated alkanes) is 1. The van der Waals surface area contributed by atoms with E-state index in [0.29, 0.717) is 54.8 Å². The fourth-order valence-corrected chi connectivity index (χ4v) is 6.05. The molecule has 0 aliphatic carbocycles. The van der Waals surface area contributed by atoms with Crippen LogP contribution < -0.4 is 23.7 Å². The molecule has 1 N–H and O–H groups in total. The summed E-state index contributed by atoms with van der Waals surface area (Å²) in [4.78, 5) is 35.0. The summed E-state index contributed by atoms with van der Waals surface area (Å²) in [5.41, 5.74) is 1.59. The van der Waals surface area contributed by atoms with Crippen molar-refractivity contribution in [3.05, 3.63) is 60.1 Å². The number of likely N-dealkylation sites (tertiary alicyclic amines) is 1. The maximum absolute atomic E-state index is 14.0. The summed E-state index contributed by atoms with van der Waals surface area (Å²) >= 11 is 0. The lowest BCUT2D eigenvalue weighted by Gasteiger charge is -2.29. The van der Waals surface area contributed by atoms with E-state index >= 15 is 0 Å². The highest BCUT2D eigenvalue weighted by Crippen LogP contribution is 2.47. The van der Waals surface area contributed by atoms with Gasteiger partial charge in [-0.2, -0.15) is 0 Å². The van der Waals surface area contributed by atoms with Crippen molar-refractivity contribution in [1.29, 1.82) is 0 Å². The zero-order valence-corrected chi connectivity index (χ0v) is 24.6. The van der Waals surface area contributed by atoms with Crippen LogP contribution in [0.25, 0.3) is 0 Å². The number of fused-ring (bicyclic) bond motifs is 1. The smallest absolute Gasteiger partial charge is 0.308 e. The SMILES string of the molecule is CCCCN(C(=O)CN1C[C@H](c2cc(OC)c3c(c2)OCO3)[C@@H](C(=O)O)[C@@H]1CCc1ncc(C)o1)c1ccc[n+](C)c1. The van der Waals surface area contributed by atoms with Gasteiger partial charge in [-0.1, -0.05) is 13.3 Å². The van der Waals surface area contributed by atoms with Crippen LogP contribution in [0.4, 0.5) is 5.69 Å². The molecule has 3 atom stereocenters. The number of aliphatic carboxylic acids is 1. The van der Waals surface area contributed by atoms with E-state index in [1.165, 1.54) is 0 Å². The number of methoxy groups -OCH3 is 1. The number of hydrogen-bond acceptors (Lipinski definition) is 8. The van der Waals surface area contributed by atoms with Crippen LogP contribution in [-0.4, -0.2) is 66.4 Å². The van der Waals surface area contributed by atoms with E-state index in [4.69, 9.17) is 18.6 Å². The van der Waals surface area contributed by atoms with Gasteiger partial charge >= 0.3 is 5.97 Å². The Labute approximate surface area is 245 Å². The lowest BCUT2D eigenvalue weighted by Crippen LogP contribution is -2.45. The molecule has 2 aliphatic heterocycles. The van der Waals surface area contributed by atoms with E-state index in [1.54, 1.807) is 13.3 Å². The maximum atomic E-state index is 14.0. The lowest BCUT2D eigenvalue weighted by molar-refractivity contribution is -0.670. The van der Waals surface area contributed by atoms with E-state index in [0.717, 1.165) is 24.1 Å². The number of nitrogens with zero attached hydrogens (tertiary/aromatic N) is 4. The standard InChI is InChI=1S/C31H38N4O7/c1-5-6-12-35(22-8-7-11-33(3)16-22)28(36)18-34-17-23(21-13-25(39-4)30-26(14-21)40-19-41-30)29(31(37)38)24(34)9-10-27-32-15-20(2)42-27/h7-8,11,13-16,23-24,29H,5-6,9-10,12,17-19H2,1-4H3/p+1/t23-,24+,29-/m1/s1. The molecule has 5 rings (SSSR count). The molecule has 0 spiro atoms. The van der Waals surface area contributed by atoms with Crippen LogP contribution >= 0.6 is 0 Å². The Balaban J connectivity index is 1.47. The molecule has 0 saturated carbocycles. The minimum Gasteiger partial charge on any atom is -0.493 e.